The van der Waals surface area contributed by atoms with E-state index in [1.54, 1.807) is 6.08 Å². The van der Waals surface area contributed by atoms with Crippen LogP contribution in [0.5, 0.6) is 0 Å². The van der Waals surface area contributed by atoms with Crippen LogP contribution >= 0.6 is 7.82 Å². The van der Waals surface area contributed by atoms with Crippen molar-refractivity contribution in [3.63, 3.8) is 0 Å². The average molecular weight is 1050 g/mol. The van der Waals surface area contributed by atoms with E-state index in [1.807, 2.05) is 33.3 Å². The third kappa shape index (κ3) is 57.9. The SMILES string of the molecule is CC/C=C\C/C=C\C/C=C\C/C=C\C/C=C\CC(=O)OC(COC(=O)CCCCCCCCCCCCCCCCCCCCCCCC/C=C\C/C=C\C/C=C\C/C=C\CC)COP(=O)(O)OCC[N+](C)(C)C. The smallest absolute Gasteiger partial charge is 0.462 e. The number of ether oxygens (including phenoxy) is 2. The van der Waals surface area contributed by atoms with Crippen LogP contribution in [0.2, 0.25) is 0 Å². The van der Waals surface area contributed by atoms with Crippen LogP contribution in [-0.4, -0.2) is 74.9 Å². The first-order chi connectivity index (χ1) is 36.0. The zero-order valence-electron chi connectivity index (χ0n) is 48.0. The van der Waals surface area contributed by atoms with Gasteiger partial charge in [0.15, 0.2) is 6.10 Å². The summed E-state index contributed by atoms with van der Waals surface area (Å²) in [6.45, 7) is 4.09. The van der Waals surface area contributed by atoms with Crippen molar-refractivity contribution in [1.82, 2.24) is 0 Å². The van der Waals surface area contributed by atoms with Crippen molar-refractivity contribution in [2.45, 2.75) is 238 Å². The van der Waals surface area contributed by atoms with E-state index < -0.39 is 32.5 Å². The number of carbonyl (C=O) groups excluding carboxylic acids is 2. The number of quaternary nitrogens is 1. The molecule has 0 radical (unpaired) electrons. The average Bonchev–Trinajstić information content (AvgIpc) is 3.36. The molecule has 74 heavy (non-hydrogen) atoms. The fourth-order valence-corrected chi connectivity index (χ4v) is 8.59. The molecule has 0 heterocycles. The fourth-order valence-electron chi connectivity index (χ4n) is 7.85. The molecule has 0 aromatic rings. The molecule has 0 aliphatic rings. The first-order valence-electron chi connectivity index (χ1n) is 29.6. The molecule has 0 bridgehead atoms. The summed E-state index contributed by atoms with van der Waals surface area (Å²) in [6, 6.07) is 0. The van der Waals surface area contributed by atoms with Crippen LogP contribution in [0.25, 0.3) is 0 Å². The summed E-state index contributed by atoms with van der Waals surface area (Å²) in [5.74, 6) is -0.945. The second kappa shape index (κ2) is 54.5. The van der Waals surface area contributed by atoms with E-state index in [-0.39, 0.29) is 26.1 Å². The Kier molecular flexibility index (Phi) is 52.0. The molecule has 0 spiro atoms. The number of esters is 2. The number of likely N-dealkylation sites (N-methyl/N-ethyl adjacent to an activating group) is 1. The Balaban J connectivity index is 4.03. The number of rotatable bonds is 53. The third-order valence-electron chi connectivity index (χ3n) is 12.3. The zero-order valence-corrected chi connectivity index (χ0v) is 48.9. The van der Waals surface area contributed by atoms with Gasteiger partial charge in [0.05, 0.1) is 34.2 Å². The fraction of sp³-hybridized carbons (Fsp3) is 0.688. The second-order valence-corrected chi connectivity index (χ2v) is 22.1. The highest BCUT2D eigenvalue weighted by Gasteiger charge is 2.27. The molecular weight excluding hydrogens is 942 g/mol. The minimum absolute atomic E-state index is 0.00543. The first kappa shape index (κ1) is 70.7. The quantitative estimate of drug-likeness (QED) is 0.0211. The lowest BCUT2D eigenvalue weighted by Crippen LogP contribution is -2.37. The Bertz CT molecular complexity index is 1620. The monoisotopic (exact) mass is 1050 g/mol. The van der Waals surface area contributed by atoms with Gasteiger partial charge in [0.1, 0.15) is 19.8 Å². The van der Waals surface area contributed by atoms with Crippen LogP contribution in [0, 0.1) is 0 Å². The summed E-state index contributed by atoms with van der Waals surface area (Å²) in [5, 5.41) is 0. The van der Waals surface area contributed by atoms with Crippen molar-refractivity contribution in [3.8, 4) is 0 Å². The molecule has 10 heteroatoms. The van der Waals surface area contributed by atoms with E-state index in [0.29, 0.717) is 17.4 Å². The number of phosphoric acid groups is 1. The van der Waals surface area contributed by atoms with Crippen molar-refractivity contribution >= 4 is 19.8 Å². The van der Waals surface area contributed by atoms with Gasteiger partial charge in [-0.15, -0.1) is 0 Å². The van der Waals surface area contributed by atoms with Gasteiger partial charge in [0, 0.05) is 6.42 Å². The number of phosphoric ester groups is 1. The van der Waals surface area contributed by atoms with Gasteiger partial charge in [-0.2, -0.15) is 0 Å². The zero-order chi connectivity index (χ0) is 54.2. The number of allylic oxidation sites excluding steroid dienone is 17. The van der Waals surface area contributed by atoms with Crippen LogP contribution in [0.4, 0.5) is 0 Å². The Morgan fingerprint density at radius 2 is 0.770 bits per heavy atom. The Morgan fingerprint density at radius 1 is 0.432 bits per heavy atom. The molecule has 0 saturated carbocycles. The van der Waals surface area contributed by atoms with E-state index >= 15 is 0 Å². The van der Waals surface area contributed by atoms with Crippen LogP contribution in [0.3, 0.4) is 0 Å². The maximum absolute atomic E-state index is 12.7. The lowest BCUT2D eigenvalue weighted by molar-refractivity contribution is -0.870. The third-order valence-corrected chi connectivity index (χ3v) is 13.3. The van der Waals surface area contributed by atoms with Crippen molar-refractivity contribution in [1.29, 1.82) is 0 Å². The first-order valence-corrected chi connectivity index (χ1v) is 31.1. The number of hydrogen-bond acceptors (Lipinski definition) is 7. The van der Waals surface area contributed by atoms with Gasteiger partial charge in [-0.25, -0.2) is 4.57 Å². The highest BCUT2D eigenvalue weighted by molar-refractivity contribution is 7.47. The van der Waals surface area contributed by atoms with Gasteiger partial charge in [0.25, 0.3) is 0 Å². The van der Waals surface area contributed by atoms with Crippen LogP contribution < -0.4 is 0 Å². The van der Waals surface area contributed by atoms with Gasteiger partial charge in [-0.05, 0) is 77.0 Å². The normalized spacial score (nSPS) is 14.1. The van der Waals surface area contributed by atoms with Gasteiger partial charge < -0.3 is 18.9 Å². The largest absolute Gasteiger partial charge is 0.472 e. The number of unbranched alkanes of at least 4 members (excludes halogenated alkanes) is 22. The maximum Gasteiger partial charge on any atom is 0.472 e. The summed E-state index contributed by atoms with van der Waals surface area (Å²) < 4.78 is 34.3. The molecule has 0 aromatic carbocycles. The summed E-state index contributed by atoms with van der Waals surface area (Å²) in [6.07, 6.45) is 76.5. The number of carbonyl (C=O) groups is 2. The topological polar surface area (TPSA) is 108 Å². The van der Waals surface area contributed by atoms with E-state index in [0.717, 1.165) is 70.6 Å². The van der Waals surface area contributed by atoms with Gasteiger partial charge in [-0.3, -0.25) is 18.6 Å². The molecule has 424 valence electrons. The molecule has 2 atom stereocenters. The summed E-state index contributed by atoms with van der Waals surface area (Å²) >= 11 is 0. The predicted molar refractivity (Wildman–Crippen MR) is 316 cm³/mol. The molecule has 1 N–H and O–H groups in total. The molecule has 9 nitrogen and oxygen atoms in total. The second-order valence-electron chi connectivity index (χ2n) is 20.6. The molecule has 0 rings (SSSR count). The van der Waals surface area contributed by atoms with Crippen molar-refractivity contribution in [2.75, 3.05) is 47.5 Å². The van der Waals surface area contributed by atoms with Gasteiger partial charge >= 0.3 is 19.8 Å². The molecule has 0 aromatic heterocycles. The Hall–Kier alpha value is -3.33. The Morgan fingerprint density at radius 3 is 1.15 bits per heavy atom. The van der Waals surface area contributed by atoms with Crippen LogP contribution in [-0.2, 0) is 32.7 Å². The molecule has 0 fully saturated rings. The van der Waals surface area contributed by atoms with Gasteiger partial charge in [-0.1, -0.05) is 252 Å². The van der Waals surface area contributed by atoms with Gasteiger partial charge in [0.2, 0.25) is 0 Å². The van der Waals surface area contributed by atoms with E-state index in [2.05, 4.69) is 105 Å². The van der Waals surface area contributed by atoms with E-state index in [1.165, 1.54) is 128 Å². The highest BCUT2D eigenvalue weighted by Crippen LogP contribution is 2.43. The highest BCUT2D eigenvalue weighted by atomic mass is 31.2. The summed E-state index contributed by atoms with van der Waals surface area (Å²) in [4.78, 5) is 35.5. The van der Waals surface area contributed by atoms with Crippen molar-refractivity contribution in [2.24, 2.45) is 0 Å². The predicted octanol–water partition coefficient (Wildman–Crippen LogP) is 18.6. The van der Waals surface area contributed by atoms with Crippen molar-refractivity contribution in [3.05, 3.63) is 109 Å². The van der Waals surface area contributed by atoms with Crippen molar-refractivity contribution < 1.29 is 42.1 Å². The standard InChI is InChI=1S/C64H110NO8P/c1-6-8-10-12-14-16-18-20-22-23-24-25-26-27-28-29-30-31-32-33-34-35-36-37-38-39-40-41-43-44-46-48-50-52-54-56-63(66)70-60-62(61-72-74(68,69)71-59-58-65(3,4)5)73-64(67)57-55-53-51-49-47-45-42-21-19-17-15-13-11-9-7-2/h8-11,14-17,20-22,24-25,42,47,49,53,55,62H,6-7,12-13,18-19,23,26-41,43-46,48,50-52,54,56-61H2,1-5H3/p+1/b10-8-,11-9-,16-14-,17-15-,22-20-,25-24-,42-21-,49-47-,55-53-. The minimum Gasteiger partial charge on any atom is -0.462 e. The molecule has 0 saturated heterocycles. The van der Waals surface area contributed by atoms with Crippen LogP contribution in [0.1, 0.15) is 232 Å². The lowest BCUT2D eigenvalue weighted by Gasteiger charge is -2.24. The molecule has 0 amide bonds. The van der Waals surface area contributed by atoms with E-state index in [9.17, 15) is 19.0 Å². The van der Waals surface area contributed by atoms with Crippen LogP contribution in [0.15, 0.2) is 109 Å². The Labute approximate surface area is 455 Å². The number of nitrogens with zero attached hydrogens (tertiary/aromatic N) is 1. The van der Waals surface area contributed by atoms with E-state index in [4.69, 9.17) is 18.5 Å². The summed E-state index contributed by atoms with van der Waals surface area (Å²) in [7, 11) is 1.41. The lowest BCUT2D eigenvalue weighted by atomic mass is 10.0. The molecule has 0 aliphatic carbocycles. The summed E-state index contributed by atoms with van der Waals surface area (Å²) in [5.41, 5.74) is 0. The molecule has 2 unspecified atom stereocenters. The molecule has 0 aliphatic heterocycles. The number of hydrogen-bond donors (Lipinski definition) is 1. The molecular formula is C64H111NO8P+. The minimum atomic E-state index is -4.41. The maximum atomic E-state index is 12.7.